The SMILES string of the molecule is CC1(C)CCC(c2ccc(Cl)cc2)=C(CN2CCN(c3ccc(C(=O)NS(=O)(=O)c4ccc(N[C@H](CCN5CC6CCC(C5)N6Cc5ccc6c(c5)C(=O)N(C5CCC(=O)NC5=O)C6=O)CSc5ccccc5)c(S(=O)(=O)C(F)(F)F)c4)cc3)CC2)C1. The van der Waals surface area contributed by atoms with Crippen LogP contribution in [0.3, 0.4) is 0 Å². The van der Waals surface area contributed by atoms with Crippen molar-refractivity contribution in [2.45, 2.75) is 116 Å². The number of rotatable bonds is 19. The topological polar surface area (TPSA) is 206 Å². The molecule has 5 aromatic rings. The minimum atomic E-state index is -6.17. The van der Waals surface area contributed by atoms with E-state index in [4.69, 9.17) is 11.6 Å². The van der Waals surface area contributed by atoms with Crippen LogP contribution in [0.25, 0.3) is 5.57 Å². The minimum Gasteiger partial charge on any atom is -0.380 e. The van der Waals surface area contributed by atoms with Crippen LogP contribution in [0, 0.1) is 5.41 Å². The van der Waals surface area contributed by atoms with Gasteiger partial charge in [0.2, 0.25) is 11.8 Å². The Morgan fingerprint density at radius 3 is 2.15 bits per heavy atom. The first kappa shape index (κ1) is 62.0. The van der Waals surface area contributed by atoms with Gasteiger partial charge in [0, 0.05) is 110 Å². The Kier molecular flexibility index (Phi) is 17.9. The van der Waals surface area contributed by atoms with Crippen LogP contribution in [0.1, 0.15) is 107 Å². The van der Waals surface area contributed by atoms with Crippen LogP contribution >= 0.6 is 23.4 Å². The molecule has 87 heavy (non-hydrogen) atoms. The molecule has 4 saturated heterocycles. The van der Waals surface area contributed by atoms with Gasteiger partial charge in [-0.2, -0.15) is 13.2 Å². The molecular weight excluding hydrogens is 1200 g/mol. The first-order valence-corrected chi connectivity index (χ1v) is 33.6. The van der Waals surface area contributed by atoms with E-state index < -0.39 is 82.5 Å². The summed E-state index contributed by atoms with van der Waals surface area (Å²) in [5, 5.41) is 5.97. The molecule has 4 atom stereocenters. The molecule has 0 aromatic heterocycles. The van der Waals surface area contributed by atoms with Gasteiger partial charge in [-0.25, -0.2) is 21.6 Å². The van der Waals surface area contributed by atoms with E-state index in [9.17, 15) is 54.0 Å². The lowest BCUT2D eigenvalue weighted by Crippen LogP contribution is -2.54. The summed E-state index contributed by atoms with van der Waals surface area (Å²) in [6.45, 7) is 10.7. The number of amides is 5. The molecule has 24 heteroatoms. The number of allylic oxidation sites excluding steroid dienone is 1. The van der Waals surface area contributed by atoms with Gasteiger partial charge in [0.05, 0.1) is 21.7 Å². The number of nitrogens with zero attached hydrogens (tertiary/aromatic N) is 5. The molecule has 6 aliphatic rings. The molecule has 460 valence electrons. The van der Waals surface area contributed by atoms with Crippen molar-refractivity contribution in [3.63, 3.8) is 0 Å². The summed E-state index contributed by atoms with van der Waals surface area (Å²) in [7, 11) is -11.1. The van der Waals surface area contributed by atoms with E-state index in [2.05, 4.69) is 56.2 Å². The van der Waals surface area contributed by atoms with Crippen molar-refractivity contribution >= 4 is 89.7 Å². The fourth-order valence-electron chi connectivity index (χ4n) is 13.0. The zero-order chi connectivity index (χ0) is 61.6. The third-order valence-electron chi connectivity index (χ3n) is 17.7. The Morgan fingerprint density at radius 1 is 0.782 bits per heavy atom. The summed E-state index contributed by atoms with van der Waals surface area (Å²) in [6, 6.07) is 29.7. The lowest BCUT2D eigenvalue weighted by atomic mass is 9.73. The van der Waals surface area contributed by atoms with E-state index in [-0.39, 0.29) is 52.8 Å². The number of sulfonamides is 1. The number of piperazine rings is 2. The number of alkyl halides is 3. The highest BCUT2D eigenvalue weighted by molar-refractivity contribution is 7.99. The normalized spacial score (nSPS) is 21.7. The maximum Gasteiger partial charge on any atom is 0.501 e. The number of nitrogens with one attached hydrogen (secondary N) is 3. The summed E-state index contributed by atoms with van der Waals surface area (Å²) in [4.78, 5) is 73.8. The number of carbonyl (C=O) groups is 5. The van der Waals surface area contributed by atoms with Crippen LogP contribution in [-0.2, 0) is 36.0 Å². The fraction of sp³-hybridized carbons (Fsp3) is 0.413. The van der Waals surface area contributed by atoms with E-state index in [1.54, 1.807) is 30.3 Å². The Morgan fingerprint density at radius 2 is 1.47 bits per heavy atom. The van der Waals surface area contributed by atoms with Crippen LogP contribution in [0.5, 0.6) is 0 Å². The monoisotopic (exact) mass is 1270 g/mol. The number of hydrogen-bond acceptors (Lipinski definition) is 15. The van der Waals surface area contributed by atoms with Gasteiger partial charge in [0.1, 0.15) is 10.9 Å². The molecule has 0 saturated carbocycles. The number of hydrogen-bond donors (Lipinski definition) is 3. The zero-order valence-electron chi connectivity index (χ0n) is 48.2. The standard InChI is InChI=1S/C63H68ClF3N8O9S3/c1-62(2)26-24-51(41-9-13-44(64)14-10-41)43(34-62)36-71-28-30-73(31-29-71)46-15-11-42(12-16-46)58(77)70-87(83,84)50-19-21-54(56(33-50)86(81,82)63(65,66)67)68-45(39-85-49-6-4-3-5-7-49)25-27-72-37-47-17-18-48(38-72)74(47)35-40-8-20-52-53(32-40)61(80)75(60(52)79)55-22-23-57(76)69-59(55)78/h3-16,19-21,32-33,45,47-48,55,68H,17-18,22-31,34-39H2,1-2H3,(H,70,77)(H,69,76,78)/t45-,47?,48?,55?/m1/s1. The van der Waals surface area contributed by atoms with E-state index in [0.717, 1.165) is 84.9 Å². The Bertz CT molecular complexity index is 3740. The largest absolute Gasteiger partial charge is 0.501 e. The molecule has 3 unspecified atom stereocenters. The molecule has 5 heterocycles. The highest BCUT2D eigenvalue weighted by Crippen LogP contribution is 2.44. The summed E-state index contributed by atoms with van der Waals surface area (Å²) in [5.74, 6) is -3.08. The van der Waals surface area contributed by atoms with Gasteiger partial charge in [-0.1, -0.05) is 67.4 Å². The number of carbonyl (C=O) groups excluding carboxylic acids is 5. The molecule has 4 fully saturated rings. The Balaban J connectivity index is 0.736. The van der Waals surface area contributed by atoms with Crippen molar-refractivity contribution in [1.29, 1.82) is 0 Å². The van der Waals surface area contributed by atoms with Crippen LogP contribution in [0.2, 0.25) is 5.02 Å². The van der Waals surface area contributed by atoms with Crippen molar-refractivity contribution in [3.8, 4) is 0 Å². The number of halogens is 4. The highest BCUT2D eigenvalue weighted by atomic mass is 35.5. The maximum atomic E-state index is 14.6. The van der Waals surface area contributed by atoms with Gasteiger partial charge >= 0.3 is 5.51 Å². The average molecular weight is 1270 g/mol. The summed E-state index contributed by atoms with van der Waals surface area (Å²) in [6.07, 6.45) is 5.26. The molecule has 17 nitrogen and oxygen atoms in total. The van der Waals surface area contributed by atoms with Gasteiger partial charge in [-0.05, 0) is 146 Å². The zero-order valence-corrected chi connectivity index (χ0v) is 51.4. The van der Waals surface area contributed by atoms with Crippen molar-refractivity contribution in [2.75, 3.05) is 68.3 Å². The third kappa shape index (κ3) is 13.7. The van der Waals surface area contributed by atoms with Crippen molar-refractivity contribution in [2.24, 2.45) is 5.41 Å². The number of likely N-dealkylation sites (tertiary alicyclic amines) is 1. The van der Waals surface area contributed by atoms with Crippen LogP contribution < -0.4 is 20.3 Å². The summed E-state index contributed by atoms with van der Waals surface area (Å²) < 4.78 is 100. The van der Waals surface area contributed by atoms with Gasteiger partial charge in [-0.3, -0.25) is 44.0 Å². The Labute approximate surface area is 514 Å². The minimum absolute atomic E-state index is 0.0111. The smallest absolute Gasteiger partial charge is 0.380 e. The second-order valence-corrected chi connectivity index (χ2v) is 29.3. The first-order valence-electron chi connectivity index (χ1n) is 29.2. The third-order valence-corrected chi connectivity index (χ3v) is 21.9. The molecule has 1 aliphatic carbocycles. The molecular formula is C63H68ClF3N8O9S3. The fourth-order valence-corrected chi connectivity index (χ4v) is 16.2. The molecule has 5 aromatic carbocycles. The van der Waals surface area contributed by atoms with Crippen molar-refractivity contribution < 1.29 is 54.0 Å². The molecule has 5 aliphatic heterocycles. The second kappa shape index (κ2) is 25.1. The molecule has 0 spiro atoms. The number of benzene rings is 5. The van der Waals surface area contributed by atoms with E-state index >= 15 is 0 Å². The number of imide groups is 2. The van der Waals surface area contributed by atoms with Gasteiger partial charge in [-0.15, -0.1) is 11.8 Å². The predicted molar refractivity (Wildman–Crippen MR) is 327 cm³/mol. The average Bonchev–Trinajstić information content (AvgIpc) is 1.97. The van der Waals surface area contributed by atoms with Gasteiger partial charge in [0.15, 0.2) is 0 Å². The van der Waals surface area contributed by atoms with Gasteiger partial charge < -0.3 is 15.1 Å². The lowest BCUT2D eigenvalue weighted by Gasteiger charge is -2.41. The number of thioether (sulfide) groups is 1. The highest BCUT2D eigenvalue weighted by Gasteiger charge is 2.49. The second-order valence-electron chi connectivity index (χ2n) is 24.2. The molecule has 11 rings (SSSR count). The maximum absolute atomic E-state index is 14.6. The quantitative estimate of drug-likeness (QED) is 0.0521. The van der Waals surface area contributed by atoms with Crippen LogP contribution in [-0.4, -0.2) is 154 Å². The Hall–Kier alpha value is -6.60. The van der Waals surface area contributed by atoms with E-state index in [0.29, 0.717) is 56.8 Å². The lowest BCUT2D eigenvalue weighted by molar-refractivity contribution is -0.136. The number of piperidine rings is 1. The number of fused-ring (bicyclic) bond motifs is 3. The van der Waals surface area contributed by atoms with Crippen LogP contribution in [0.4, 0.5) is 24.5 Å². The van der Waals surface area contributed by atoms with E-state index in [1.807, 2.05) is 47.2 Å². The van der Waals surface area contributed by atoms with Crippen molar-refractivity contribution in [1.82, 2.24) is 29.6 Å². The first-order chi connectivity index (χ1) is 41.4. The molecule has 5 amide bonds. The van der Waals surface area contributed by atoms with Crippen molar-refractivity contribution in [3.05, 3.63) is 154 Å². The van der Waals surface area contributed by atoms with Crippen LogP contribution in [0.15, 0.2) is 136 Å². The number of anilines is 2. The predicted octanol–water partition coefficient (Wildman–Crippen LogP) is 9.25. The summed E-state index contributed by atoms with van der Waals surface area (Å²) >= 11 is 7.63. The molecule has 0 radical (unpaired) electrons. The molecule has 2 bridgehead atoms. The summed E-state index contributed by atoms with van der Waals surface area (Å²) in [5.41, 5.74) is -0.0736. The van der Waals surface area contributed by atoms with E-state index in [1.165, 1.54) is 40.6 Å². The molecule has 3 N–H and O–H groups in total. The van der Waals surface area contributed by atoms with Gasteiger partial charge in [0.25, 0.3) is 37.6 Å². The number of sulfone groups is 1.